The Morgan fingerprint density at radius 3 is 1.55 bits per heavy atom. The van der Waals surface area contributed by atoms with E-state index in [4.69, 9.17) is 19.1 Å². The maximum Gasteiger partial charge on any atom is 0.472 e. The fraction of sp³-hybridized carbons (Fsp3) is 0.969. The van der Waals surface area contributed by atoms with E-state index in [2.05, 4.69) is 18.4 Å². The summed E-state index contributed by atoms with van der Waals surface area (Å²) in [6.45, 7) is 3.48. The molecule has 9 nitrogen and oxygen atoms in total. The Kier molecular flexibility index (Phi) is 30.1. The van der Waals surface area contributed by atoms with Crippen LogP contribution < -0.4 is 0 Å². The average molecular weight is 625 g/mol. The van der Waals surface area contributed by atoms with E-state index in [0.29, 0.717) is 6.61 Å². The third-order valence-corrected chi connectivity index (χ3v) is 8.24. The van der Waals surface area contributed by atoms with Crippen molar-refractivity contribution in [2.45, 2.75) is 167 Å². The summed E-state index contributed by atoms with van der Waals surface area (Å²) in [7, 11) is -4.49. The lowest BCUT2D eigenvalue weighted by Crippen LogP contribution is -2.29. The minimum absolute atomic E-state index is 0.0560. The van der Waals surface area contributed by atoms with Crippen molar-refractivity contribution in [3.8, 4) is 0 Å². The van der Waals surface area contributed by atoms with Crippen LogP contribution >= 0.6 is 7.82 Å². The van der Waals surface area contributed by atoms with Crippen molar-refractivity contribution < 1.29 is 43.0 Å². The molecule has 0 saturated carbocycles. The van der Waals surface area contributed by atoms with Gasteiger partial charge in [0.25, 0.3) is 0 Å². The molecule has 0 aliphatic heterocycles. The second-order valence-corrected chi connectivity index (χ2v) is 13.0. The monoisotopic (exact) mass is 624 g/mol. The maximum absolute atomic E-state index is 12.4. The molecule has 0 radical (unpaired) electrons. The van der Waals surface area contributed by atoms with Crippen LogP contribution in [-0.2, 0) is 27.9 Å². The summed E-state index contributed by atoms with van der Waals surface area (Å²) in [6.07, 6.45) is 23.6. The first-order chi connectivity index (χ1) is 20.3. The van der Waals surface area contributed by atoms with Crippen molar-refractivity contribution in [2.24, 2.45) is 0 Å². The predicted octanol–water partition coefficient (Wildman–Crippen LogP) is 8.02. The Bertz CT molecular complexity index is 635. The highest BCUT2D eigenvalue weighted by Crippen LogP contribution is 2.43. The Balaban J connectivity index is 4.18. The molecule has 0 aromatic rings. The van der Waals surface area contributed by atoms with Crippen LogP contribution in [0.2, 0.25) is 0 Å². The highest BCUT2D eigenvalue weighted by molar-refractivity contribution is 7.47. The molecule has 0 bridgehead atoms. The van der Waals surface area contributed by atoms with Crippen molar-refractivity contribution in [1.29, 1.82) is 0 Å². The lowest BCUT2D eigenvalue weighted by atomic mass is 10.0. The number of rotatable bonds is 33. The van der Waals surface area contributed by atoms with E-state index in [9.17, 15) is 19.4 Å². The zero-order chi connectivity index (χ0) is 31.2. The third kappa shape index (κ3) is 29.5. The highest BCUT2D eigenvalue weighted by Gasteiger charge is 2.26. The molecule has 252 valence electrons. The second kappa shape index (κ2) is 30.5. The molecular weight excluding hydrogens is 559 g/mol. The average Bonchev–Trinajstić information content (AvgIpc) is 2.97. The van der Waals surface area contributed by atoms with Gasteiger partial charge >= 0.3 is 13.8 Å². The van der Waals surface area contributed by atoms with Crippen molar-refractivity contribution >= 4 is 13.8 Å². The Hall–Kier alpha value is -0.540. The lowest BCUT2D eigenvalue weighted by molar-refractivity contribution is -0.154. The first-order valence-corrected chi connectivity index (χ1v) is 18.5. The summed E-state index contributed by atoms with van der Waals surface area (Å²) in [4.78, 5) is 22.2. The fourth-order valence-electron chi connectivity index (χ4n) is 4.65. The molecule has 10 heteroatoms. The molecule has 3 atom stereocenters. The minimum Gasteiger partial charge on any atom is -0.457 e. The number of carbonyl (C=O) groups is 1. The zero-order valence-electron chi connectivity index (χ0n) is 27.0. The summed E-state index contributed by atoms with van der Waals surface area (Å²) in [5.74, 6) is -0.387. The number of hydrogen-bond donors (Lipinski definition) is 3. The predicted molar refractivity (Wildman–Crippen MR) is 168 cm³/mol. The van der Waals surface area contributed by atoms with Gasteiger partial charge in [0.15, 0.2) is 0 Å². The van der Waals surface area contributed by atoms with Crippen LogP contribution in [0.4, 0.5) is 0 Å². The van der Waals surface area contributed by atoms with E-state index < -0.39 is 33.2 Å². The highest BCUT2D eigenvalue weighted by atomic mass is 31.2. The van der Waals surface area contributed by atoms with Crippen molar-refractivity contribution in [1.82, 2.24) is 0 Å². The topological polar surface area (TPSA) is 132 Å². The summed E-state index contributed by atoms with van der Waals surface area (Å²) in [6, 6.07) is 0. The molecule has 0 aliphatic rings. The van der Waals surface area contributed by atoms with E-state index in [1.165, 1.54) is 103 Å². The number of ether oxygens (including phenoxy) is 2. The molecule has 42 heavy (non-hydrogen) atoms. The molecule has 0 saturated heterocycles. The summed E-state index contributed by atoms with van der Waals surface area (Å²) >= 11 is 0. The number of aliphatic hydroxyl groups is 2. The van der Waals surface area contributed by atoms with Gasteiger partial charge in [-0.2, -0.15) is 0 Å². The molecule has 0 aromatic carbocycles. The number of phosphoric ester groups is 1. The molecule has 0 aromatic heterocycles. The molecule has 0 heterocycles. The van der Waals surface area contributed by atoms with Crippen LogP contribution in [-0.4, -0.2) is 66.3 Å². The second-order valence-electron chi connectivity index (χ2n) is 11.6. The van der Waals surface area contributed by atoms with Crippen LogP contribution in [0.5, 0.6) is 0 Å². The number of aliphatic hydroxyl groups excluding tert-OH is 2. The maximum atomic E-state index is 12.4. The van der Waals surface area contributed by atoms with Gasteiger partial charge in [-0.3, -0.25) is 13.8 Å². The van der Waals surface area contributed by atoms with Gasteiger partial charge in [0, 0.05) is 13.0 Å². The summed E-state index contributed by atoms with van der Waals surface area (Å²) in [5.41, 5.74) is 0. The quantitative estimate of drug-likeness (QED) is 0.0377. The van der Waals surface area contributed by atoms with Gasteiger partial charge in [-0.05, 0) is 12.8 Å². The number of unbranched alkanes of at least 4 members (excludes halogenated alkanes) is 19. The van der Waals surface area contributed by atoms with Crippen molar-refractivity contribution in [3.63, 3.8) is 0 Å². The van der Waals surface area contributed by atoms with Crippen molar-refractivity contribution in [2.75, 3.05) is 33.0 Å². The molecule has 0 rings (SSSR count). The fourth-order valence-corrected chi connectivity index (χ4v) is 5.44. The molecule has 0 fully saturated rings. The summed E-state index contributed by atoms with van der Waals surface area (Å²) in [5, 5.41) is 18.2. The Morgan fingerprint density at radius 2 is 1.07 bits per heavy atom. The van der Waals surface area contributed by atoms with Crippen LogP contribution in [0, 0.1) is 0 Å². The van der Waals surface area contributed by atoms with Gasteiger partial charge in [0.2, 0.25) is 0 Å². The molecular formula is C32H65O9P. The Labute approximate surface area is 257 Å². The van der Waals surface area contributed by atoms with E-state index in [0.717, 1.165) is 32.1 Å². The first kappa shape index (κ1) is 41.5. The minimum atomic E-state index is -4.49. The smallest absolute Gasteiger partial charge is 0.457 e. The van der Waals surface area contributed by atoms with Crippen LogP contribution in [0.1, 0.15) is 155 Å². The normalized spacial score (nSPS) is 14.5. The van der Waals surface area contributed by atoms with Gasteiger partial charge in [-0.25, -0.2) is 4.57 Å². The number of carbonyl (C=O) groups excluding carboxylic acids is 1. The van der Waals surface area contributed by atoms with Crippen LogP contribution in [0.25, 0.3) is 0 Å². The largest absolute Gasteiger partial charge is 0.472 e. The number of esters is 1. The van der Waals surface area contributed by atoms with Crippen molar-refractivity contribution in [3.05, 3.63) is 0 Å². The zero-order valence-corrected chi connectivity index (χ0v) is 27.9. The first-order valence-electron chi connectivity index (χ1n) is 17.0. The summed E-state index contributed by atoms with van der Waals surface area (Å²) < 4.78 is 33.0. The van der Waals surface area contributed by atoms with Crippen LogP contribution in [0.15, 0.2) is 0 Å². The van der Waals surface area contributed by atoms with Gasteiger partial charge < -0.3 is 24.6 Å². The van der Waals surface area contributed by atoms with E-state index >= 15 is 0 Å². The number of hydrogen-bond acceptors (Lipinski definition) is 8. The SMILES string of the molecule is CCCCCCCCCCCCCCCCOC[C@H](COP(=O)(O)OC[C@@H](O)CO)OC(=O)CCCCCCCCC. The van der Waals surface area contributed by atoms with Gasteiger partial charge in [0.05, 0.1) is 26.4 Å². The van der Waals surface area contributed by atoms with Gasteiger partial charge in [-0.1, -0.05) is 136 Å². The van der Waals surface area contributed by atoms with E-state index in [1.54, 1.807) is 0 Å². The van der Waals surface area contributed by atoms with Crippen LogP contribution in [0.3, 0.4) is 0 Å². The molecule has 0 aliphatic carbocycles. The molecule has 3 N–H and O–H groups in total. The Morgan fingerprint density at radius 1 is 0.643 bits per heavy atom. The molecule has 0 spiro atoms. The lowest BCUT2D eigenvalue weighted by Gasteiger charge is -2.20. The number of phosphoric acid groups is 1. The van der Waals surface area contributed by atoms with E-state index in [1.807, 2.05) is 0 Å². The third-order valence-electron chi connectivity index (χ3n) is 7.29. The standard InChI is InChI=1S/C32H65O9P/c1-3-5-7-9-11-12-13-14-15-16-17-19-21-23-25-38-28-31(29-40-42(36,37)39-27-30(34)26-33)41-32(35)24-22-20-18-10-8-6-4-2/h30-31,33-34H,3-29H2,1-2H3,(H,36,37)/t30-,31+/m0/s1. The van der Waals surface area contributed by atoms with E-state index in [-0.39, 0.29) is 25.6 Å². The van der Waals surface area contributed by atoms with Gasteiger partial charge in [-0.15, -0.1) is 0 Å². The van der Waals surface area contributed by atoms with Gasteiger partial charge in [0.1, 0.15) is 12.2 Å². The molecule has 0 amide bonds. The molecule has 1 unspecified atom stereocenters.